The SMILES string of the molecule is CN1CCN(C(=O)C2CN(Cc3ccc(Cl)cc3)C2)CCOc2ccc(N3CCOCC3)cc2Cc2cccc(c2)C1=O. The highest BCUT2D eigenvalue weighted by atomic mass is 35.5. The van der Waals surface area contributed by atoms with E-state index in [1.165, 1.54) is 5.56 Å². The van der Waals surface area contributed by atoms with Gasteiger partial charge in [0.15, 0.2) is 0 Å². The number of likely N-dealkylation sites (tertiary alicyclic amines) is 1. The molecule has 2 fully saturated rings. The fourth-order valence-corrected chi connectivity index (χ4v) is 6.18. The summed E-state index contributed by atoms with van der Waals surface area (Å²) in [5.41, 5.74) is 5.10. The first kappa shape index (κ1) is 29.5. The van der Waals surface area contributed by atoms with Crippen molar-refractivity contribution >= 4 is 29.1 Å². The summed E-state index contributed by atoms with van der Waals surface area (Å²) in [6.45, 7) is 7.13. The number of ether oxygens (including phenoxy) is 2. The Balaban J connectivity index is 1.18. The molecule has 2 saturated heterocycles. The summed E-state index contributed by atoms with van der Waals surface area (Å²) in [6, 6.07) is 22.0. The van der Waals surface area contributed by atoms with E-state index in [-0.39, 0.29) is 17.7 Å². The molecule has 9 heteroatoms. The molecule has 3 aromatic rings. The van der Waals surface area contributed by atoms with E-state index in [1.54, 1.807) is 11.9 Å². The number of nitrogens with zero attached hydrogens (tertiary/aromatic N) is 4. The van der Waals surface area contributed by atoms with E-state index in [0.29, 0.717) is 51.3 Å². The van der Waals surface area contributed by atoms with Gasteiger partial charge in [0.2, 0.25) is 5.91 Å². The summed E-state index contributed by atoms with van der Waals surface area (Å²) < 4.78 is 11.9. The molecule has 0 spiro atoms. The fraction of sp³-hybridized carbons (Fsp3) is 0.412. The summed E-state index contributed by atoms with van der Waals surface area (Å²) in [6.07, 6.45) is 0.645. The number of rotatable bonds is 4. The molecule has 3 aromatic carbocycles. The van der Waals surface area contributed by atoms with Crippen LogP contribution in [0.2, 0.25) is 5.02 Å². The average molecular weight is 603 g/mol. The van der Waals surface area contributed by atoms with Crippen molar-refractivity contribution in [3.8, 4) is 5.75 Å². The third-order valence-electron chi connectivity index (χ3n) is 8.60. The lowest BCUT2D eigenvalue weighted by Crippen LogP contribution is -2.55. The van der Waals surface area contributed by atoms with Crippen molar-refractivity contribution in [2.45, 2.75) is 13.0 Å². The van der Waals surface area contributed by atoms with Gasteiger partial charge in [-0.05, 0) is 53.6 Å². The first-order valence-electron chi connectivity index (χ1n) is 15.1. The molecule has 8 nitrogen and oxygen atoms in total. The van der Waals surface area contributed by atoms with E-state index in [1.807, 2.05) is 53.4 Å². The van der Waals surface area contributed by atoms with Gasteiger partial charge in [-0.2, -0.15) is 0 Å². The number of anilines is 1. The third kappa shape index (κ3) is 7.15. The molecule has 3 heterocycles. The first-order valence-corrected chi connectivity index (χ1v) is 15.5. The Morgan fingerprint density at radius 2 is 1.70 bits per heavy atom. The van der Waals surface area contributed by atoms with Gasteiger partial charge in [0.25, 0.3) is 5.91 Å². The van der Waals surface area contributed by atoms with E-state index < -0.39 is 0 Å². The van der Waals surface area contributed by atoms with Gasteiger partial charge in [-0.1, -0.05) is 35.9 Å². The maximum absolute atomic E-state index is 13.7. The average Bonchev–Trinajstić information content (AvgIpc) is 3.01. The van der Waals surface area contributed by atoms with Crippen molar-refractivity contribution in [2.75, 3.05) is 77.6 Å². The number of halogens is 1. The molecule has 0 aliphatic carbocycles. The molecule has 3 aliphatic heterocycles. The Labute approximate surface area is 258 Å². The van der Waals surface area contributed by atoms with Gasteiger partial charge in [-0.3, -0.25) is 14.5 Å². The van der Waals surface area contributed by atoms with E-state index in [0.717, 1.165) is 60.4 Å². The molecule has 0 saturated carbocycles. The lowest BCUT2D eigenvalue weighted by Gasteiger charge is -2.41. The predicted molar refractivity (Wildman–Crippen MR) is 168 cm³/mol. The summed E-state index contributed by atoms with van der Waals surface area (Å²) in [5.74, 6) is 0.830. The first-order chi connectivity index (χ1) is 20.9. The summed E-state index contributed by atoms with van der Waals surface area (Å²) in [7, 11) is 1.81. The minimum atomic E-state index is -0.0627. The summed E-state index contributed by atoms with van der Waals surface area (Å²) in [5, 5.41) is 0.723. The largest absolute Gasteiger partial charge is 0.491 e. The van der Waals surface area contributed by atoms with Crippen LogP contribution in [0.15, 0.2) is 66.7 Å². The van der Waals surface area contributed by atoms with Crippen molar-refractivity contribution in [3.05, 3.63) is 94.0 Å². The molecule has 0 aromatic heterocycles. The fourth-order valence-electron chi connectivity index (χ4n) is 6.05. The highest BCUT2D eigenvalue weighted by Crippen LogP contribution is 2.29. The molecular weight excluding hydrogens is 564 g/mol. The number of carbonyl (C=O) groups is 2. The molecule has 0 radical (unpaired) electrons. The summed E-state index contributed by atoms with van der Waals surface area (Å²) in [4.78, 5) is 35.2. The van der Waals surface area contributed by atoms with Crippen LogP contribution in [0.25, 0.3) is 0 Å². The van der Waals surface area contributed by atoms with Crippen molar-refractivity contribution in [3.63, 3.8) is 0 Å². The molecule has 3 aliphatic rings. The van der Waals surface area contributed by atoms with Crippen LogP contribution in [-0.4, -0.2) is 99.2 Å². The third-order valence-corrected chi connectivity index (χ3v) is 8.85. The molecule has 0 atom stereocenters. The lowest BCUT2D eigenvalue weighted by molar-refractivity contribution is -0.142. The molecule has 0 unspecified atom stereocenters. The van der Waals surface area contributed by atoms with Crippen LogP contribution in [0.5, 0.6) is 5.75 Å². The standard InChI is InChI=1S/C34H39ClN4O4/c1-36-11-12-39(34(41)29-23-37(24-29)22-25-5-7-30(35)8-6-25)15-18-43-32-10-9-31(38-13-16-42-17-14-38)21-28(32)20-26-3-2-4-27(19-26)33(36)40/h2-10,19,21,29H,11-18,20,22-24H2,1H3. The van der Waals surface area contributed by atoms with E-state index >= 15 is 0 Å². The normalized spacial score (nSPS) is 18.8. The lowest BCUT2D eigenvalue weighted by atomic mass is 9.97. The Hall–Kier alpha value is -3.59. The quantitative estimate of drug-likeness (QED) is 0.446. The number of amides is 2. The number of hydrogen-bond acceptors (Lipinski definition) is 6. The topological polar surface area (TPSA) is 65.6 Å². The van der Waals surface area contributed by atoms with Crippen molar-refractivity contribution in [1.29, 1.82) is 0 Å². The minimum Gasteiger partial charge on any atom is -0.491 e. The second-order valence-corrected chi connectivity index (χ2v) is 12.1. The molecule has 226 valence electrons. The van der Waals surface area contributed by atoms with Crippen LogP contribution in [0.4, 0.5) is 5.69 Å². The Kier molecular flexibility index (Phi) is 9.17. The second kappa shape index (κ2) is 13.4. The molecule has 2 bridgehead atoms. The van der Waals surface area contributed by atoms with Crippen LogP contribution >= 0.6 is 11.6 Å². The van der Waals surface area contributed by atoms with Crippen LogP contribution in [0.3, 0.4) is 0 Å². The maximum atomic E-state index is 13.7. The molecular formula is C34H39ClN4O4. The number of likely N-dealkylation sites (N-methyl/N-ethyl adjacent to an activating group) is 1. The highest BCUT2D eigenvalue weighted by molar-refractivity contribution is 6.30. The second-order valence-electron chi connectivity index (χ2n) is 11.7. The zero-order chi connectivity index (χ0) is 29.8. The predicted octanol–water partition coefficient (Wildman–Crippen LogP) is 4.19. The van der Waals surface area contributed by atoms with Gasteiger partial charge in [0.05, 0.1) is 25.7 Å². The van der Waals surface area contributed by atoms with Gasteiger partial charge in [-0.25, -0.2) is 0 Å². The van der Waals surface area contributed by atoms with E-state index in [2.05, 4.69) is 28.0 Å². The Morgan fingerprint density at radius 1 is 0.907 bits per heavy atom. The zero-order valence-corrected chi connectivity index (χ0v) is 25.5. The maximum Gasteiger partial charge on any atom is 0.253 e. The van der Waals surface area contributed by atoms with Crippen molar-refractivity contribution in [1.82, 2.24) is 14.7 Å². The van der Waals surface area contributed by atoms with Crippen LogP contribution in [0.1, 0.15) is 27.0 Å². The Morgan fingerprint density at radius 3 is 2.49 bits per heavy atom. The molecule has 2 amide bonds. The molecule has 0 N–H and O–H groups in total. The van der Waals surface area contributed by atoms with Gasteiger partial charge in [0.1, 0.15) is 12.4 Å². The van der Waals surface area contributed by atoms with Gasteiger partial charge < -0.3 is 24.2 Å². The molecule has 6 rings (SSSR count). The van der Waals surface area contributed by atoms with Crippen LogP contribution < -0.4 is 9.64 Å². The number of carbonyl (C=O) groups excluding carboxylic acids is 2. The number of hydrogen-bond donors (Lipinski definition) is 0. The minimum absolute atomic E-state index is 0.0392. The Bertz CT molecular complexity index is 1440. The van der Waals surface area contributed by atoms with E-state index in [4.69, 9.17) is 21.1 Å². The van der Waals surface area contributed by atoms with Gasteiger partial charge >= 0.3 is 0 Å². The van der Waals surface area contributed by atoms with Crippen LogP contribution in [-0.2, 0) is 22.5 Å². The van der Waals surface area contributed by atoms with Crippen molar-refractivity contribution < 1.29 is 19.1 Å². The molecule has 43 heavy (non-hydrogen) atoms. The smallest absolute Gasteiger partial charge is 0.253 e. The summed E-state index contributed by atoms with van der Waals surface area (Å²) >= 11 is 6.03. The number of benzene rings is 3. The number of fused-ring (bicyclic) bond motifs is 3. The van der Waals surface area contributed by atoms with Gasteiger partial charge in [-0.15, -0.1) is 0 Å². The highest BCUT2D eigenvalue weighted by Gasteiger charge is 2.35. The monoisotopic (exact) mass is 602 g/mol. The van der Waals surface area contributed by atoms with Crippen molar-refractivity contribution in [2.24, 2.45) is 5.92 Å². The zero-order valence-electron chi connectivity index (χ0n) is 24.7. The van der Waals surface area contributed by atoms with Crippen LogP contribution in [0, 0.1) is 5.92 Å². The number of morpholine rings is 1. The van der Waals surface area contributed by atoms with Gasteiger partial charge in [0, 0.05) is 81.1 Å². The van der Waals surface area contributed by atoms with E-state index in [9.17, 15) is 9.59 Å².